The molecule has 114 valence electrons. The maximum Gasteiger partial charge on any atom is 0.119 e. The van der Waals surface area contributed by atoms with Gasteiger partial charge < -0.3 is 4.74 Å². The van der Waals surface area contributed by atoms with Crippen molar-refractivity contribution in [1.29, 1.82) is 5.26 Å². The molecule has 4 nitrogen and oxygen atoms in total. The number of piperazine rings is 1. The number of likely N-dealkylation sites (N-methyl/N-ethyl adjacent to an activating group) is 1. The zero-order valence-electron chi connectivity index (χ0n) is 13.3. The molecule has 1 aromatic carbocycles. The Morgan fingerprint density at radius 1 is 1.24 bits per heavy atom. The van der Waals surface area contributed by atoms with Crippen LogP contribution in [-0.2, 0) is 6.42 Å². The standard InChI is InChI=1S/C17H25N3O/c1-17(2)14-20(11-10-19(17)3)12-13-21-16-6-4-15(5-7-16)8-9-18/h4-7H,8,10-14H2,1-3H3. The molecule has 0 atom stereocenters. The number of benzene rings is 1. The summed E-state index contributed by atoms with van der Waals surface area (Å²) in [5, 5.41) is 8.65. The summed E-state index contributed by atoms with van der Waals surface area (Å²) in [6, 6.07) is 9.95. The maximum atomic E-state index is 8.65. The van der Waals surface area contributed by atoms with Gasteiger partial charge in [-0.1, -0.05) is 12.1 Å². The van der Waals surface area contributed by atoms with E-state index in [1.807, 2.05) is 24.3 Å². The average molecular weight is 287 g/mol. The Hall–Kier alpha value is -1.57. The number of ether oxygens (including phenoxy) is 1. The minimum absolute atomic E-state index is 0.233. The van der Waals surface area contributed by atoms with Gasteiger partial charge in [-0.2, -0.15) is 5.26 Å². The molecule has 1 aliphatic rings. The Bertz CT molecular complexity index is 490. The third-order valence-corrected chi connectivity index (χ3v) is 4.28. The Labute approximate surface area is 127 Å². The van der Waals surface area contributed by atoms with Gasteiger partial charge in [-0.15, -0.1) is 0 Å². The molecule has 0 spiro atoms. The first-order valence-corrected chi connectivity index (χ1v) is 7.53. The van der Waals surface area contributed by atoms with Gasteiger partial charge in [0.15, 0.2) is 0 Å². The van der Waals surface area contributed by atoms with Crippen LogP contribution in [0.2, 0.25) is 0 Å². The Balaban J connectivity index is 1.76. The van der Waals surface area contributed by atoms with Crippen molar-refractivity contribution in [2.24, 2.45) is 0 Å². The minimum atomic E-state index is 0.233. The van der Waals surface area contributed by atoms with Crippen molar-refractivity contribution in [2.45, 2.75) is 25.8 Å². The summed E-state index contributed by atoms with van der Waals surface area (Å²) in [6.45, 7) is 9.52. The van der Waals surface area contributed by atoms with Crippen LogP contribution in [0.15, 0.2) is 24.3 Å². The average Bonchev–Trinajstić information content (AvgIpc) is 2.45. The summed E-state index contributed by atoms with van der Waals surface area (Å²) >= 11 is 0. The second-order valence-electron chi connectivity index (χ2n) is 6.34. The lowest BCUT2D eigenvalue weighted by atomic mass is 10.00. The largest absolute Gasteiger partial charge is 0.492 e. The zero-order chi connectivity index (χ0) is 15.3. The van der Waals surface area contributed by atoms with Gasteiger partial charge in [-0.3, -0.25) is 9.80 Å². The minimum Gasteiger partial charge on any atom is -0.492 e. The molecule has 1 aromatic rings. The van der Waals surface area contributed by atoms with Crippen molar-refractivity contribution in [3.8, 4) is 11.8 Å². The summed E-state index contributed by atoms with van der Waals surface area (Å²) in [5.41, 5.74) is 1.27. The van der Waals surface area contributed by atoms with Crippen LogP contribution in [0.4, 0.5) is 0 Å². The molecule has 21 heavy (non-hydrogen) atoms. The SMILES string of the molecule is CN1CCN(CCOc2ccc(CC#N)cc2)CC1(C)C. The lowest BCUT2D eigenvalue weighted by molar-refractivity contribution is 0.0338. The quantitative estimate of drug-likeness (QED) is 0.832. The molecule has 1 aliphatic heterocycles. The van der Waals surface area contributed by atoms with Crippen molar-refractivity contribution >= 4 is 0 Å². The fraction of sp³-hybridized carbons (Fsp3) is 0.588. The molecule has 0 unspecified atom stereocenters. The molecule has 0 bridgehead atoms. The third kappa shape index (κ3) is 4.45. The first-order valence-electron chi connectivity index (χ1n) is 7.53. The fourth-order valence-electron chi connectivity index (χ4n) is 2.62. The van der Waals surface area contributed by atoms with Gasteiger partial charge in [0, 0.05) is 31.7 Å². The summed E-state index contributed by atoms with van der Waals surface area (Å²) in [6.07, 6.45) is 0.455. The lowest BCUT2D eigenvalue weighted by Gasteiger charge is -2.45. The molecule has 4 heteroatoms. The normalized spacial score (nSPS) is 19.1. The van der Waals surface area contributed by atoms with Gasteiger partial charge in [0.05, 0.1) is 12.5 Å². The van der Waals surface area contributed by atoms with Gasteiger partial charge >= 0.3 is 0 Å². The first kappa shape index (κ1) is 15.8. The van der Waals surface area contributed by atoms with E-state index in [9.17, 15) is 0 Å². The second kappa shape index (κ2) is 6.93. The third-order valence-electron chi connectivity index (χ3n) is 4.28. The number of hydrogen-bond acceptors (Lipinski definition) is 4. The van der Waals surface area contributed by atoms with E-state index < -0.39 is 0 Å². The van der Waals surface area contributed by atoms with E-state index in [0.717, 1.165) is 37.5 Å². The number of nitrogens with zero attached hydrogens (tertiary/aromatic N) is 3. The van der Waals surface area contributed by atoms with Crippen LogP contribution in [0.25, 0.3) is 0 Å². The Morgan fingerprint density at radius 3 is 2.57 bits per heavy atom. The Morgan fingerprint density at radius 2 is 1.95 bits per heavy atom. The van der Waals surface area contributed by atoms with E-state index in [-0.39, 0.29) is 5.54 Å². The molecule has 0 aromatic heterocycles. The topological polar surface area (TPSA) is 39.5 Å². The van der Waals surface area contributed by atoms with Crippen molar-refractivity contribution in [1.82, 2.24) is 9.80 Å². The molecule has 1 saturated heterocycles. The smallest absolute Gasteiger partial charge is 0.119 e. The summed E-state index contributed by atoms with van der Waals surface area (Å²) in [4.78, 5) is 4.88. The molecule has 0 N–H and O–H groups in total. The van der Waals surface area contributed by atoms with Gasteiger partial charge in [-0.05, 0) is 38.6 Å². The van der Waals surface area contributed by atoms with E-state index in [1.54, 1.807) is 0 Å². The van der Waals surface area contributed by atoms with Crippen molar-refractivity contribution in [3.05, 3.63) is 29.8 Å². The van der Waals surface area contributed by atoms with Crippen molar-refractivity contribution < 1.29 is 4.74 Å². The molecule has 0 aliphatic carbocycles. The molecule has 2 rings (SSSR count). The van der Waals surface area contributed by atoms with Crippen LogP contribution in [-0.4, -0.2) is 55.2 Å². The fourth-order valence-corrected chi connectivity index (χ4v) is 2.62. The number of nitriles is 1. The van der Waals surface area contributed by atoms with Crippen LogP contribution >= 0.6 is 0 Å². The predicted octanol–water partition coefficient (Wildman–Crippen LogP) is 2.16. The molecular weight excluding hydrogens is 262 g/mol. The van der Waals surface area contributed by atoms with E-state index in [0.29, 0.717) is 13.0 Å². The summed E-state index contributed by atoms with van der Waals surface area (Å²) in [7, 11) is 2.19. The highest BCUT2D eigenvalue weighted by molar-refractivity contribution is 5.28. The second-order valence-corrected chi connectivity index (χ2v) is 6.34. The monoisotopic (exact) mass is 287 g/mol. The summed E-state index contributed by atoms with van der Waals surface area (Å²) in [5.74, 6) is 0.880. The van der Waals surface area contributed by atoms with Crippen molar-refractivity contribution in [2.75, 3.05) is 39.8 Å². The van der Waals surface area contributed by atoms with E-state index in [1.165, 1.54) is 0 Å². The molecule has 1 heterocycles. The highest BCUT2D eigenvalue weighted by atomic mass is 16.5. The van der Waals surface area contributed by atoms with Gasteiger partial charge in [0.25, 0.3) is 0 Å². The molecule has 0 amide bonds. The van der Waals surface area contributed by atoms with Crippen molar-refractivity contribution in [3.63, 3.8) is 0 Å². The predicted molar refractivity (Wildman–Crippen MR) is 84.4 cm³/mol. The number of hydrogen-bond donors (Lipinski definition) is 0. The van der Waals surface area contributed by atoms with Gasteiger partial charge in [0.1, 0.15) is 12.4 Å². The van der Waals surface area contributed by atoms with Gasteiger partial charge in [0.2, 0.25) is 0 Å². The molecule has 0 radical (unpaired) electrons. The first-order chi connectivity index (χ1) is 10.0. The van der Waals surface area contributed by atoms with Crippen LogP contribution in [0.3, 0.4) is 0 Å². The van der Waals surface area contributed by atoms with E-state index >= 15 is 0 Å². The molecule has 0 saturated carbocycles. The lowest BCUT2D eigenvalue weighted by Crippen LogP contribution is -2.58. The molecule has 1 fully saturated rings. The summed E-state index contributed by atoms with van der Waals surface area (Å²) < 4.78 is 5.80. The zero-order valence-corrected chi connectivity index (χ0v) is 13.3. The van der Waals surface area contributed by atoms with Crippen LogP contribution in [0.1, 0.15) is 19.4 Å². The molecular formula is C17H25N3O. The van der Waals surface area contributed by atoms with Crippen LogP contribution < -0.4 is 4.74 Å². The number of rotatable bonds is 5. The Kier molecular flexibility index (Phi) is 5.22. The highest BCUT2D eigenvalue weighted by Gasteiger charge is 2.30. The van der Waals surface area contributed by atoms with E-state index in [2.05, 4.69) is 36.8 Å². The van der Waals surface area contributed by atoms with Crippen LogP contribution in [0.5, 0.6) is 5.75 Å². The maximum absolute atomic E-state index is 8.65. The van der Waals surface area contributed by atoms with Gasteiger partial charge in [-0.25, -0.2) is 0 Å². The highest BCUT2D eigenvalue weighted by Crippen LogP contribution is 2.18. The van der Waals surface area contributed by atoms with E-state index in [4.69, 9.17) is 10.00 Å². The van der Waals surface area contributed by atoms with Crippen LogP contribution in [0, 0.1) is 11.3 Å².